The highest BCUT2D eigenvalue weighted by Crippen LogP contribution is 2.12. The molecule has 0 spiro atoms. The number of hydrogen-bond donors (Lipinski definition) is 1. The first-order valence-corrected chi connectivity index (χ1v) is 5.52. The molecule has 82 valence electrons. The van der Waals surface area contributed by atoms with Crippen molar-refractivity contribution in [1.82, 2.24) is 5.32 Å². The minimum Gasteiger partial charge on any atom is -0.382 e. The summed E-state index contributed by atoms with van der Waals surface area (Å²) in [4.78, 5) is 0.876. The van der Waals surface area contributed by atoms with Crippen molar-refractivity contribution >= 4 is 17.2 Å². The van der Waals surface area contributed by atoms with Crippen LogP contribution in [-0.4, -0.2) is 18.7 Å². The maximum atomic E-state index is 5.18. The summed E-state index contributed by atoms with van der Waals surface area (Å²) in [6, 6.07) is 10.4. The van der Waals surface area contributed by atoms with Gasteiger partial charge in [0.1, 0.15) is 0 Å². The fourth-order valence-corrected chi connectivity index (χ4v) is 1.51. The van der Waals surface area contributed by atoms with Crippen LogP contribution in [0, 0.1) is 0 Å². The van der Waals surface area contributed by atoms with E-state index in [-0.39, 0.29) is 6.04 Å². The summed E-state index contributed by atoms with van der Waals surface area (Å²) in [5.74, 6) is 0. The smallest absolute Gasteiger partial charge is 0.0756 e. The van der Waals surface area contributed by atoms with E-state index in [0.717, 1.165) is 11.4 Å². The van der Waals surface area contributed by atoms with Crippen LogP contribution in [0.25, 0.3) is 0 Å². The minimum absolute atomic E-state index is 0.156. The molecule has 0 bridgehead atoms. The van der Waals surface area contributed by atoms with Gasteiger partial charge in [0.05, 0.1) is 17.6 Å². The van der Waals surface area contributed by atoms with Crippen molar-refractivity contribution in [1.29, 1.82) is 0 Å². The van der Waals surface area contributed by atoms with E-state index in [1.807, 2.05) is 25.1 Å². The molecule has 1 rings (SSSR count). The summed E-state index contributed by atoms with van der Waals surface area (Å²) in [6.45, 7) is 2.67. The fraction of sp³-hybridized carbons (Fsp3) is 0.417. The standard InChI is InChI=1S/C12H17NOS/c1-3-12(15)13-11(9-14-2)10-7-5-4-6-8-10/h4-8,11H,3,9H2,1-2H3,(H,13,15). The molecule has 1 aromatic rings. The Morgan fingerprint density at radius 1 is 1.40 bits per heavy atom. The number of nitrogens with one attached hydrogen (secondary N) is 1. The van der Waals surface area contributed by atoms with Crippen molar-refractivity contribution in [2.24, 2.45) is 0 Å². The summed E-state index contributed by atoms with van der Waals surface area (Å²) in [5, 5.41) is 3.29. The Kier molecular flexibility index (Phi) is 5.29. The van der Waals surface area contributed by atoms with E-state index in [0.29, 0.717) is 6.61 Å². The van der Waals surface area contributed by atoms with E-state index in [2.05, 4.69) is 17.4 Å². The molecule has 1 atom stereocenters. The van der Waals surface area contributed by atoms with E-state index in [1.165, 1.54) is 5.56 Å². The first-order valence-electron chi connectivity index (χ1n) is 5.11. The van der Waals surface area contributed by atoms with Gasteiger partial charge in [-0.3, -0.25) is 0 Å². The molecule has 0 aliphatic carbocycles. The summed E-state index contributed by atoms with van der Waals surface area (Å²) in [7, 11) is 1.70. The summed E-state index contributed by atoms with van der Waals surface area (Å²) in [6.07, 6.45) is 0.863. The Morgan fingerprint density at radius 2 is 2.07 bits per heavy atom. The second kappa shape index (κ2) is 6.53. The number of rotatable bonds is 5. The maximum absolute atomic E-state index is 5.18. The van der Waals surface area contributed by atoms with Gasteiger partial charge >= 0.3 is 0 Å². The van der Waals surface area contributed by atoms with Gasteiger partial charge in [-0.15, -0.1) is 0 Å². The van der Waals surface area contributed by atoms with Gasteiger partial charge < -0.3 is 10.1 Å². The molecule has 0 heterocycles. The third-order valence-corrected chi connectivity index (χ3v) is 2.60. The zero-order valence-electron chi connectivity index (χ0n) is 9.19. The molecule has 0 aliphatic heterocycles. The molecule has 0 saturated carbocycles. The van der Waals surface area contributed by atoms with Crippen LogP contribution in [0.15, 0.2) is 30.3 Å². The van der Waals surface area contributed by atoms with Gasteiger partial charge in [0, 0.05) is 7.11 Å². The molecule has 0 aromatic heterocycles. The Bertz CT molecular complexity index is 300. The summed E-state index contributed by atoms with van der Waals surface area (Å²) < 4.78 is 5.18. The van der Waals surface area contributed by atoms with Gasteiger partial charge in [-0.2, -0.15) is 0 Å². The lowest BCUT2D eigenvalue weighted by molar-refractivity contribution is 0.174. The molecule has 15 heavy (non-hydrogen) atoms. The molecule has 3 heteroatoms. The quantitative estimate of drug-likeness (QED) is 0.776. The van der Waals surface area contributed by atoms with Crippen molar-refractivity contribution in [3.05, 3.63) is 35.9 Å². The number of hydrogen-bond acceptors (Lipinski definition) is 2. The summed E-state index contributed by atoms with van der Waals surface area (Å²) in [5.41, 5.74) is 1.20. The van der Waals surface area contributed by atoms with Crippen LogP contribution in [0.2, 0.25) is 0 Å². The molecular weight excluding hydrogens is 206 g/mol. The minimum atomic E-state index is 0.156. The van der Waals surface area contributed by atoms with Crippen LogP contribution in [0.1, 0.15) is 24.9 Å². The van der Waals surface area contributed by atoms with Gasteiger partial charge in [0.2, 0.25) is 0 Å². The highest BCUT2D eigenvalue weighted by atomic mass is 32.1. The fourth-order valence-electron chi connectivity index (χ4n) is 1.37. The molecular formula is C12H17NOS. The second-order valence-corrected chi connectivity index (χ2v) is 3.83. The molecule has 1 N–H and O–H groups in total. The van der Waals surface area contributed by atoms with E-state index < -0.39 is 0 Å². The molecule has 0 saturated heterocycles. The van der Waals surface area contributed by atoms with Crippen molar-refractivity contribution in [2.75, 3.05) is 13.7 Å². The van der Waals surface area contributed by atoms with E-state index in [4.69, 9.17) is 17.0 Å². The van der Waals surface area contributed by atoms with E-state index in [1.54, 1.807) is 7.11 Å². The molecule has 0 aliphatic rings. The van der Waals surface area contributed by atoms with E-state index >= 15 is 0 Å². The molecule has 2 nitrogen and oxygen atoms in total. The Labute approximate surface area is 96.6 Å². The molecule has 1 unspecified atom stereocenters. The highest BCUT2D eigenvalue weighted by Gasteiger charge is 2.10. The lowest BCUT2D eigenvalue weighted by Gasteiger charge is -2.19. The molecule has 1 aromatic carbocycles. The van der Waals surface area contributed by atoms with Crippen molar-refractivity contribution < 1.29 is 4.74 Å². The summed E-state index contributed by atoms with van der Waals surface area (Å²) >= 11 is 5.18. The largest absolute Gasteiger partial charge is 0.382 e. The van der Waals surface area contributed by atoms with Gasteiger partial charge in [-0.05, 0) is 12.0 Å². The van der Waals surface area contributed by atoms with E-state index in [9.17, 15) is 0 Å². The zero-order chi connectivity index (χ0) is 11.1. The zero-order valence-corrected chi connectivity index (χ0v) is 10.0. The lowest BCUT2D eigenvalue weighted by Crippen LogP contribution is -2.29. The normalized spacial score (nSPS) is 12.1. The average molecular weight is 223 g/mol. The number of benzene rings is 1. The highest BCUT2D eigenvalue weighted by molar-refractivity contribution is 7.80. The Balaban J connectivity index is 2.70. The first-order chi connectivity index (χ1) is 7.27. The third-order valence-electron chi connectivity index (χ3n) is 2.19. The maximum Gasteiger partial charge on any atom is 0.0756 e. The lowest BCUT2D eigenvalue weighted by atomic mass is 10.1. The van der Waals surface area contributed by atoms with Crippen molar-refractivity contribution in [3.63, 3.8) is 0 Å². The van der Waals surface area contributed by atoms with Crippen molar-refractivity contribution in [2.45, 2.75) is 19.4 Å². The molecule has 0 amide bonds. The Morgan fingerprint density at radius 3 is 2.60 bits per heavy atom. The van der Waals surface area contributed by atoms with Crippen LogP contribution < -0.4 is 5.32 Å². The monoisotopic (exact) mass is 223 g/mol. The van der Waals surface area contributed by atoms with Crippen molar-refractivity contribution in [3.8, 4) is 0 Å². The SMILES string of the molecule is CCC(=S)NC(COC)c1ccccc1. The number of thiocarbonyl (C=S) groups is 1. The predicted molar refractivity (Wildman–Crippen MR) is 67.1 cm³/mol. The van der Waals surface area contributed by atoms with Gasteiger partial charge in [0.15, 0.2) is 0 Å². The molecule has 0 radical (unpaired) electrons. The van der Waals surface area contributed by atoms with Gasteiger partial charge in [0.25, 0.3) is 0 Å². The topological polar surface area (TPSA) is 21.3 Å². The third kappa shape index (κ3) is 3.98. The second-order valence-electron chi connectivity index (χ2n) is 3.34. The Hall–Kier alpha value is -0.930. The number of ether oxygens (including phenoxy) is 1. The predicted octanol–water partition coefficient (Wildman–Crippen LogP) is 2.70. The van der Waals surface area contributed by atoms with Gasteiger partial charge in [-0.25, -0.2) is 0 Å². The van der Waals surface area contributed by atoms with Crippen LogP contribution in [0.3, 0.4) is 0 Å². The van der Waals surface area contributed by atoms with Crippen LogP contribution >= 0.6 is 12.2 Å². The number of methoxy groups -OCH3 is 1. The van der Waals surface area contributed by atoms with Crippen LogP contribution in [-0.2, 0) is 4.74 Å². The molecule has 0 fully saturated rings. The first kappa shape index (κ1) is 12.1. The van der Waals surface area contributed by atoms with Gasteiger partial charge in [-0.1, -0.05) is 49.5 Å². The van der Waals surface area contributed by atoms with Crippen LogP contribution in [0.5, 0.6) is 0 Å². The average Bonchev–Trinajstić information content (AvgIpc) is 2.29. The van der Waals surface area contributed by atoms with Crippen LogP contribution in [0.4, 0.5) is 0 Å².